The Labute approximate surface area is 135 Å². The second-order valence-electron chi connectivity index (χ2n) is 6.30. The first-order valence-electron chi connectivity index (χ1n) is 7.88. The molecule has 3 N–H and O–H groups in total. The lowest BCUT2D eigenvalue weighted by Crippen LogP contribution is -2.48. The Morgan fingerprint density at radius 1 is 1.35 bits per heavy atom. The summed E-state index contributed by atoms with van der Waals surface area (Å²) >= 11 is 0. The Hall–Kier alpha value is -2.34. The molecule has 6 heteroatoms. The van der Waals surface area contributed by atoms with Crippen LogP contribution in [-0.2, 0) is 6.54 Å². The highest BCUT2D eigenvalue weighted by Gasteiger charge is 2.34. The molecule has 23 heavy (non-hydrogen) atoms. The molecule has 1 saturated carbocycles. The number of hydrogen-bond acceptors (Lipinski definition) is 3. The fourth-order valence-electron chi connectivity index (χ4n) is 2.62. The predicted molar refractivity (Wildman–Crippen MR) is 88.3 cm³/mol. The van der Waals surface area contributed by atoms with E-state index in [0.29, 0.717) is 13.1 Å². The summed E-state index contributed by atoms with van der Waals surface area (Å²) in [6.07, 6.45) is 6.36. The second kappa shape index (κ2) is 6.42. The molecule has 1 aromatic heterocycles. The van der Waals surface area contributed by atoms with Crippen molar-refractivity contribution in [3.63, 3.8) is 0 Å². The third-order valence-corrected chi connectivity index (χ3v) is 4.18. The largest absolute Gasteiger partial charge is 0.388 e. The maximum atomic E-state index is 11.8. The zero-order valence-electron chi connectivity index (χ0n) is 13.2. The first-order valence-corrected chi connectivity index (χ1v) is 7.88. The summed E-state index contributed by atoms with van der Waals surface area (Å²) in [4.78, 5) is 11.8. The van der Waals surface area contributed by atoms with Gasteiger partial charge in [0, 0.05) is 18.4 Å². The van der Waals surface area contributed by atoms with Gasteiger partial charge in [0.15, 0.2) is 0 Å². The minimum Gasteiger partial charge on any atom is -0.388 e. The summed E-state index contributed by atoms with van der Waals surface area (Å²) in [5.41, 5.74) is 2.27. The van der Waals surface area contributed by atoms with Gasteiger partial charge in [0.2, 0.25) is 0 Å². The van der Waals surface area contributed by atoms with E-state index in [1.807, 2.05) is 48.3 Å². The Bertz CT molecular complexity index is 674. The van der Waals surface area contributed by atoms with Gasteiger partial charge in [-0.05, 0) is 49.4 Å². The molecule has 0 saturated heterocycles. The van der Waals surface area contributed by atoms with Gasteiger partial charge < -0.3 is 15.7 Å². The van der Waals surface area contributed by atoms with Crippen LogP contribution >= 0.6 is 0 Å². The van der Waals surface area contributed by atoms with Gasteiger partial charge in [-0.15, -0.1) is 0 Å². The van der Waals surface area contributed by atoms with Gasteiger partial charge >= 0.3 is 6.03 Å². The van der Waals surface area contributed by atoms with E-state index in [0.717, 1.165) is 36.1 Å². The van der Waals surface area contributed by atoms with Gasteiger partial charge in [0.25, 0.3) is 0 Å². The van der Waals surface area contributed by atoms with Crippen LogP contribution in [0.2, 0.25) is 0 Å². The minimum absolute atomic E-state index is 0.291. The summed E-state index contributed by atoms with van der Waals surface area (Å²) in [5.74, 6) is 0. The number of aryl methyl sites for hydroxylation is 1. The summed E-state index contributed by atoms with van der Waals surface area (Å²) < 4.78 is 1.88. The van der Waals surface area contributed by atoms with E-state index in [1.54, 1.807) is 0 Å². The van der Waals surface area contributed by atoms with Crippen LogP contribution in [0.15, 0.2) is 36.7 Å². The number of aliphatic hydroxyl groups is 1. The van der Waals surface area contributed by atoms with Crippen LogP contribution in [0.5, 0.6) is 0 Å². The van der Waals surface area contributed by atoms with Crippen LogP contribution in [0.3, 0.4) is 0 Å². The zero-order valence-corrected chi connectivity index (χ0v) is 13.2. The van der Waals surface area contributed by atoms with Gasteiger partial charge in [-0.25, -0.2) is 4.79 Å². The number of carbonyl (C=O) groups is 1. The molecule has 1 aliphatic rings. The Balaban J connectivity index is 1.49. The highest BCUT2D eigenvalue weighted by Crippen LogP contribution is 2.30. The van der Waals surface area contributed by atoms with Crippen LogP contribution in [0.4, 0.5) is 10.5 Å². The number of urea groups is 1. The van der Waals surface area contributed by atoms with Crippen molar-refractivity contribution in [1.82, 2.24) is 15.1 Å². The topological polar surface area (TPSA) is 79.2 Å². The zero-order chi connectivity index (χ0) is 16.3. The van der Waals surface area contributed by atoms with Crippen LogP contribution in [-0.4, -0.2) is 33.1 Å². The summed E-state index contributed by atoms with van der Waals surface area (Å²) in [5, 5.41) is 19.7. The SMILES string of the molecule is Cc1cnn(Cc2ccc(NC(=O)NCC3(O)CCC3)cc2)c1. The third-order valence-electron chi connectivity index (χ3n) is 4.18. The number of benzene rings is 1. The highest BCUT2D eigenvalue weighted by atomic mass is 16.3. The van der Waals surface area contributed by atoms with E-state index in [1.165, 1.54) is 0 Å². The van der Waals surface area contributed by atoms with E-state index in [9.17, 15) is 9.90 Å². The van der Waals surface area contributed by atoms with Crippen molar-refractivity contribution in [1.29, 1.82) is 0 Å². The molecule has 0 bridgehead atoms. The van der Waals surface area contributed by atoms with Crippen LogP contribution in [0.1, 0.15) is 30.4 Å². The average Bonchev–Trinajstić information content (AvgIpc) is 2.90. The molecule has 122 valence electrons. The van der Waals surface area contributed by atoms with Gasteiger partial charge in [0.1, 0.15) is 0 Å². The number of hydrogen-bond donors (Lipinski definition) is 3. The van der Waals surface area contributed by atoms with E-state index in [-0.39, 0.29) is 6.03 Å². The van der Waals surface area contributed by atoms with Crippen molar-refractivity contribution in [2.24, 2.45) is 0 Å². The van der Waals surface area contributed by atoms with Crippen molar-refractivity contribution in [2.45, 2.75) is 38.3 Å². The standard InChI is InChI=1S/C17H22N4O2/c1-13-9-19-21(10-13)11-14-3-5-15(6-4-14)20-16(22)18-12-17(23)7-2-8-17/h3-6,9-10,23H,2,7-8,11-12H2,1H3,(H2,18,20,22). The molecule has 0 radical (unpaired) electrons. The number of aromatic nitrogens is 2. The van der Waals surface area contributed by atoms with Crippen molar-refractivity contribution in [3.8, 4) is 0 Å². The van der Waals surface area contributed by atoms with Gasteiger partial charge in [0.05, 0.1) is 18.3 Å². The molecule has 3 rings (SSSR count). The van der Waals surface area contributed by atoms with E-state index in [2.05, 4.69) is 15.7 Å². The molecule has 1 fully saturated rings. The molecule has 2 aromatic rings. The fraction of sp³-hybridized carbons (Fsp3) is 0.412. The van der Waals surface area contributed by atoms with Crippen molar-refractivity contribution in [2.75, 3.05) is 11.9 Å². The third kappa shape index (κ3) is 4.10. The Morgan fingerprint density at radius 2 is 2.09 bits per heavy atom. The predicted octanol–water partition coefficient (Wildman–Crippen LogP) is 2.28. The molecule has 6 nitrogen and oxygen atoms in total. The number of anilines is 1. The van der Waals surface area contributed by atoms with E-state index >= 15 is 0 Å². The molecule has 0 spiro atoms. The number of carbonyl (C=O) groups excluding carboxylic acids is 1. The lowest BCUT2D eigenvalue weighted by molar-refractivity contribution is -0.0287. The summed E-state index contributed by atoms with van der Waals surface area (Å²) in [6, 6.07) is 7.37. The van der Waals surface area contributed by atoms with Crippen LogP contribution in [0, 0.1) is 6.92 Å². The summed E-state index contributed by atoms with van der Waals surface area (Å²) in [6.45, 7) is 3.01. The van der Waals surface area contributed by atoms with Crippen molar-refractivity contribution < 1.29 is 9.90 Å². The number of amides is 2. The highest BCUT2D eigenvalue weighted by molar-refractivity contribution is 5.89. The van der Waals surface area contributed by atoms with Crippen molar-refractivity contribution >= 4 is 11.7 Å². The van der Waals surface area contributed by atoms with E-state index < -0.39 is 5.60 Å². The molecule has 1 aromatic carbocycles. The monoisotopic (exact) mass is 314 g/mol. The normalized spacial score (nSPS) is 15.7. The molecular weight excluding hydrogens is 292 g/mol. The number of nitrogens with zero attached hydrogens (tertiary/aromatic N) is 2. The van der Waals surface area contributed by atoms with Gasteiger partial charge in [-0.1, -0.05) is 12.1 Å². The lowest BCUT2D eigenvalue weighted by atomic mass is 9.80. The lowest BCUT2D eigenvalue weighted by Gasteiger charge is -2.36. The Morgan fingerprint density at radius 3 is 2.65 bits per heavy atom. The first-order chi connectivity index (χ1) is 11.0. The molecule has 1 heterocycles. The minimum atomic E-state index is -0.705. The maximum Gasteiger partial charge on any atom is 0.319 e. The molecule has 0 atom stereocenters. The van der Waals surface area contributed by atoms with Crippen LogP contribution < -0.4 is 10.6 Å². The first kappa shape index (κ1) is 15.6. The average molecular weight is 314 g/mol. The number of nitrogens with one attached hydrogen (secondary N) is 2. The summed E-state index contributed by atoms with van der Waals surface area (Å²) in [7, 11) is 0. The van der Waals surface area contributed by atoms with Crippen LogP contribution in [0.25, 0.3) is 0 Å². The molecule has 2 amide bonds. The maximum absolute atomic E-state index is 11.8. The van der Waals surface area contributed by atoms with Gasteiger partial charge in [-0.2, -0.15) is 5.10 Å². The van der Waals surface area contributed by atoms with Gasteiger partial charge in [-0.3, -0.25) is 4.68 Å². The molecular formula is C17H22N4O2. The smallest absolute Gasteiger partial charge is 0.319 e. The quantitative estimate of drug-likeness (QED) is 0.792. The molecule has 0 aliphatic heterocycles. The number of rotatable bonds is 5. The van der Waals surface area contributed by atoms with E-state index in [4.69, 9.17) is 0 Å². The van der Waals surface area contributed by atoms with Crippen molar-refractivity contribution in [3.05, 3.63) is 47.8 Å². The molecule has 0 unspecified atom stereocenters. The molecule has 1 aliphatic carbocycles. The second-order valence-corrected chi connectivity index (χ2v) is 6.30. The fourth-order valence-corrected chi connectivity index (χ4v) is 2.62. The Kier molecular flexibility index (Phi) is 4.34.